The van der Waals surface area contributed by atoms with Crippen LogP contribution < -0.4 is 9.47 Å². The van der Waals surface area contributed by atoms with E-state index in [9.17, 15) is 9.59 Å². The lowest BCUT2D eigenvalue weighted by Crippen LogP contribution is -2.40. The van der Waals surface area contributed by atoms with Crippen LogP contribution in [-0.2, 0) is 16.0 Å². The maximum Gasteiger partial charge on any atom is 0.246 e. The zero-order valence-electron chi connectivity index (χ0n) is 16.9. The van der Waals surface area contributed by atoms with Crippen LogP contribution in [0.2, 0.25) is 0 Å². The van der Waals surface area contributed by atoms with Crippen molar-refractivity contribution in [3.05, 3.63) is 29.3 Å². The highest BCUT2D eigenvalue weighted by Crippen LogP contribution is 2.35. The molecule has 6 nitrogen and oxygen atoms in total. The van der Waals surface area contributed by atoms with Gasteiger partial charge in [0.1, 0.15) is 17.6 Å². The largest absolute Gasteiger partial charge is 0.493 e. The normalized spacial score (nSPS) is 15.4. The van der Waals surface area contributed by atoms with Crippen molar-refractivity contribution in [3.8, 4) is 11.5 Å². The maximum atomic E-state index is 12.4. The van der Waals surface area contributed by atoms with Crippen LogP contribution >= 0.6 is 0 Å². The van der Waals surface area contributed by atoms with Crippen LogP contribution in [0, 0.1) is 0 Å². The van der Waals surface area contributed by atoms with Crippen molar-refractivity contribution in [3.63, 3.8) is 0 Å². The second-order valence-corrected chi connectivity index (χ2v) is 6.66. The Balaban J connectivity index is 2.11. The molecule has 6 heteroatoms. The summed E-state index contributed by atoms with van der Waals surface area (Å²) in [6, 6.07) is 3.90. The number of nitrogens with zero attached hydrogens (tertiary/aromatic N) is 2. The number of rotatable bonds is 8. The summed E-state index contributed by atoms with van der Waals surface area (Å²) < 4.78 is 11.5. The number of likely N-dealkylation sites (N-methyl/N-ethyl adjacent to an activating group) is 2. The van der Waals surface area contributed by atoms with E-state index < -0.39 is 0 Å². The molecule has 1 atom stereocenters. The molecule has 1 aromatic rings. The van der Waals surface area contributed by atoms with Crippen molar-refractivity contribution < 1.29 is 19.1 Å². The summed E-state index contributed by atoms with van der Waals surface area (Å²) in [6.07, 6.45) is 4.19. The number of benzene rings is 1. The lowest BCUT2D eigenvalue weighted by molar-refractivity contribution is -0.136. The molecule has 1 aromatic carbocycles. The van der Waals surface area contributed by atoms with E-state index in [0.717, 1.165) is 29.0 Å². The van der Waals surface area contributed by atoms with Crippen LogP contribution in [0.25, 0.3) is 6.08 Å². The molecule has 2 rings (SSSR count). The molecule has 0 bridgehead atoms. The van der Waals surface area contributed by atoms with E-state index in [1.54, 1.807) is 18.0 Å². The molecule has 2 amide bonds. The molecule has 0 saturated heterocycles. The average Bonchev–Trinajstić information content (AvgIpc) is 2.99. The molecule has 1 unspecified atom stereocenters. The molecule has 1 heterocycles. The van der Waals surface area contributed by atoms with Crippen LogP contribution in [0.4, 0.5) is 0 Å². The van der Waals surface area contributed by atoms with Gasteiger partial charge in [-0.15, -0.1) is 0 Å². The minimum Gasteiger partial charge on any atom is -0.493 e. The Morgan fingerprint density at radius 3 is 2.59 bits per heavy atom. The Labute approximate surface area is 161 Å². The number of hydrogen-bond acceptors (Lipinski definition) is 4. The fourth-order valence-corrected chi connectivity index (χ4v) is 3.11. The van der Waals surface area contributed by atoms with Crippen molar-refractivity contribution >= 4 is 17.9 Å². The van der Waals surface area contributed by atoms with Crippen molar-refractivity contribution in [1.29, 1.82) is 0 Å². The number of carbonyl (C=O) groups is 2. The average molecular weight is 374 g/mol. The highest BCUT2D eigenvalue weighted by Gasteiger charge is 2.21. The van der Waals surface area contributed by atoms with Gasteiger partial charge in [0.15, 0.2) is 0 Å². The molecule has 1 aliphatic rings. The third-order valence-electron chi connectivity index (χ3n) is 4.60. The van der Waals surface area contributed by atoms with Crippen LogP contribution in [0.3, 0.4) is 0 Å². The summed E-state index contributed by atoms with van der Waals surface area (Å²) >= 11 is 0. The van der Waals surface area contributed by atoms with Crippen molar-refractivity contribution in [2.45, 2.75) is 40.2 Å². The van der Waals surface area contributed by atoms with Gasteiger partial charge in [0.25, 0.3) is 0 Å². The molecule has 0 aromatic heterocycles. The molecule has 0 spiro atoms. The van der Waals surface area contributed by atoms with Crippen molar-refractivity contribution in [2.75, 3.05) is 33.3 Å². The Morgan fingerprint density at radius 1 is 1.26 bits per heavy atom. The molecule has 0 radical (unpaired) electrons. The zero-order valence-corrected chi connectivity index (χ0v) is 16.9. The molecule has 0 fully saturated rings. The molecule has 0 aliphatic carbocycles. The van der Waals surface area contributed by atoms with E-state index in [2.05, 4.69) is 0 Å². The fraction of sp³-hybridized carbons (Fsp3) is 0.524. The van der Waals surface area contributed by atoms with Gasteiger partial charge in [0, 0.05) is 43.8 Å². The van der Waals surface area contributed by atoms with Crippen molar-refractivity contribution in [1.82, 2.24) is 9.80 Å². The molecule has 0 N–H and O–H groups in total. The molecule has 148 valence electrons. The summed E-state index contributed by atoms with van der Waals surface area (Å²) in [4.78, 5) is 27.7. The van der Waals surface area contributed by atoms with Gasteiger partial charge in [-0.3, -0.25) is 9.59 Å². The smallest absolute Gasteiger partial charge is 0.246 e. The lowest BCUT2D eigenvalue weighted by Gasteiger charge is -2.22. The topological polar surface area (TPSA) is 59.1 Å². The third kappa shape index (κ3) is 5.25. The molecule has 27 heavy (non-hydrogen) atoms. The summed E-state index contributed by atoms with van der Waals surface area (Å²) in [7, 11) is 1.63. The predicted octanol–water partition coefficient (Wildman–Crippen LogP) is 2.75. The maximum absolute atomic E-state index is 12.4. The van der Waals surface area contributed by atoms with Gasteiger partial charge in [0.2, 0.25) is 11.8 Å². The van der Waals surface area contributed by atoms with Crippen LogP contribution in [0.1, 0.15) is 38.8 Å². The Bertz CT molecular complexity index is 710. The number of fused-ring (bicyclic) bond motifs is 1. The Hall–Kier alpha value is -2.50. The monoisotopic (exact) mass is 374 g/mol. The number of amides is 2. The van der Waals surface area contributed by atoms with E-state index in [4.69, 9.17) is 9.47 Å². The number of ether oxygens (including phenoxy) is 2. The fourth-order valence-electron chi connectivity index (χ4n) is 3.11. The second kappa shape index (κ2) is 9.44. The van der Waals surface area contributed by atoms with Gasteiger partial charge in [-0.2, -0.15) is 0 Å². The standard InChI is InChI=1S/C21H30N2O4/c1-6-23(7-2)21(25)14-22(5)20(24)10-9-16-12-19-17(11-15(4)27-19)13-18(16)26-8-3/h9-10,12-13,15H,6-8,11,14H2,1-5H3/b10-9+. The summed E-state index contributed by atoms with van der Waals surface area (Å²) in [6.45, 7) is 9.69. The summed E-state index contributed by atoms with van der Waals surface area (Å²) in [5.74, 6) is 1.29. The van der Waals surface area contributed by atoms with Gasteiger partial charge in [-0.1, -0.05) is 0 Å². The molecular formula is C21H30N2O4. The summed E-state index contributed by atoms with van der Waals surface area (Å²) in [5, 5.41) is 0. The molecule has 0 saturated carbocycles. The second-order valence-electron chi connectivity index (χ2n) is 6.66. The van der Waals surface area contributed by atoms with E-state index in [1.807, 2.05) is 39.8 Å². The Kier molecular flexibility index (Phi) is 7.28. The zero-order chi connectivity index (χ0) is 20.0. The third-order valence-corrected chi connectivity index (χ3v) is 4.60. The highest BCUT2D eigenvalue weighted by atomic mass is 16.5. The first-order chi connectivity index (χ1) is 12.9. The van der Waals surface area contributed by atoms with E-state index in [1.165, 1.54) is 11.0 Å². The van der Waals surface area contributed by atoms with Gasteiger partial charge in [-0.05, 0) is 45.9 Å². The summed E-state index contributed by atoms with van der Waals surface area (Å²) in [5.41, 5.74) is 1.91. The van der Waals surface area contributed by atoms with Crippen LogP contribution in [0.5, 0.6) is 11.5 Å². The minimum atomic E-state index is -0.229. The SMILES string of the molecule is CCOc1cc2c(cc1/C=C/C(=O)N(C)CC(=O)N(CC)CC)OC(C)C2. The lowest BCUT2D eigenvalue weighted by atomic mass is 10.1. The first-order valence-corrected chi connectivity index (χ1v) is 9.56. The molecule has 1 aliphatic heterocycles. The first-order valence-electron chi connectivity index (χ1n) is 9.56. The first kappa shape index (κ1) is 20.8. The molecular weight excluding hydrogens is 344 g/mol. The van der Waals surface area contributed by atoms with Gasteiger partial charge in [0.05, 0.1) is 13.2 Å². The predicted molar refractivity (Wildman–Crippen MR) is 106 cm³/mol. The van der Waals surface area contributed by atoms with Crippen LogP contribution in [0.15, 0.2) is 18.2 Å². The van der Waals surface area contributed by atoms with E-state index >= 15 is 0 Å². The minimum absolute atomic E-state index is 0.0563. The van der Waals surface area contributed by atoms with Crippen molar-refractivity contribution in [2.24, 2.45) is 0 Å². The Morgan fingerprint density at radius 2 is 1.96 bits per heavy atom. The number of hydrogen-bond donors (Lipinski definition) is 0. The van der Waals surface area contributed by atoms with Gasteiger partial charge in [-0.25, -0.2) is 0 Å². The van der Waals surface area contributed by atoms with Crippen LogP contribution in [-0.4, -0.2) is 61.0 Å². The van der Waals surface area contributed by atoms with Gasteiger partial charge >= 0.3 is 0 Å². The van der Waals surface area contributed by atoms with E-state index in [-0.39, 0.29) is 24.5 Å². The highest BCUT2D eigenvalue weighted by molar-refractivity contribution is 5.94. The van der Waals surface area contributed by atoms with Gasteiger partial charge < -0.3 is 19.3 Å². The quantitative estimate of drug-likeness (QED) is 0.657. The van der Waals surface area contributed by atoms with E-state index in [0.29, 0.717) is 19.7 Å². The number of carbonyl (C=O) groups excluding carboxylic acids is 2.